The molecule has 1 aromatic carbocycles. The number of aryl methyl sites for hydroxylation is 1. The maximum Gasteiger partial charge on any atom is 0.303 e. The van der Waals surface area contributed by atoms with Crippen LogP contribution in [0.3, 0.4) is 0 Å². The van der Waals surface area contributed by atoms with Gasteiger partial charge in [0.1, 0.15) is 0 Å². The summed E-state index contributed by atoms with van der Waals surface area (Å²) in [5.74, 6) is -0.816. The van der Waals surface area contributed by atoms with Crippen LogP contribution in [0.4, 0.5) is 0 Å². The molecule has 0 spiro atoms. The number of halogens is 1. The molecule has 2 aromatic rings. The van der Waals surface area contributed by atoms with Crippen LogP contribution in [-0.2, 0) is 11.2 Å². The number of nitrogens with zero attached hydrogens (tertiary/aromatic N) is 1. The summed E-state index contributed by atoms with van der Waals surface area (Å²) in [6.07, 6.45) is 2.22. The Kier molecular flexibility index (Phi) is 3.95. The smallest absolute Gasteiger partial charge is 0.303 e. The SMILES string of the molecule is O=C(O)CCc1cccnc1-c1ccccc1Cl. The van der Waals surface area contributed by atoms with Gasteiger partial charge in [0.2, 0.25) is 0 Å². The summed E-state index contributed by atoms with van der Waals surface area (Å²) in [7, 11) is 0. The number of carboxylic acids is 1. The predicted octanol–water partition coefficient (Wildman–Crippen LogP) is 3.42. The molecule has 0 saturated carbocycles. The molecule has 2 rings (SSSR count). The van der Waals surface area contributed by atoms with Gasteiger partial charge in [0.15, 0.2) is 0 Å². The average molecular weight is 262 g/mol. The Bertz CT molecular complexity index is 569. The van der Waals surface area contributed by atoms with Crippen LogP contribution in [0.1, 0.15) is 12.0 Å². The fourth-order valence-corrected chi connectivity index (χ4v) is 2.00. The quantitative estimate of drug-likeness (QED) is 0.917. The minimum atomic E-state index is -0.816. The molecule has 1 heterocycles. The Morgan fingerprint density at radius 2 is 2.00 bits per heavy atom. The van der Waals surface area contributed by atoms with E-state index in [4.69, 9.17) is 16.7 Å². The minimum absolute atomic E-state index is 0.0865. The van der Waals surface area contributed by atoms with E-state index in [0.29, 0.717) is 11.4 Å². The maximum atomic E-state index is 10.6. The van der Waals surface area contributed by atoms with Gasteiger partial charge >= 0.3 is 5.97 Å². The molecule has 1 N–H and O–H groups in total. The zero-order valence-electron chi connectivity index (χ0n) is 9.64. The number of carboxylic acid groups (broad SMARTS) is 1. The van der Waals surface area contributed by atoms with Gasteiger partial charge in [0.05, 0.1) is 5.69 Å². The lowest BCUT2D eigenvalue weighted by Gasteiger charge is -2.08. The average Bonchev–Trinajstić information content (AvgIpc) is 2.37. The van der Waals surface area contributed by atoms with Crippen molar-refractivity contribution in [2.75, 3.05) is 0 Å². The van der Waals surface area contributed by atoms with Gasteiger partial charge in [0.25, 0.3) is 0 Å². The van der Waals surface area contributed by atoms with Gasteiger partial charge in [-0.3, -0.25) is 9.78 Å². The van der Waals surface area contributed by atoms with Crippen LogP contribution < -0.4 is 0 Å². The molecule has 0 fully saturated rings. The van der Waals surface area contributed by atoms with Crippen molar-refractivity contribution < 1.29 is 9.90 Å². The van der Waals surface area contributed by atoms with E-state index >= 15 is 0 Å². The van der Waals surface area contributed by atoms with Crippen molar-refractivity contribution in [1.29, 1.82) is 0 Å². The largest absolute Gasteiger partial charge is 0.481 e. The van der Waals surface area contributed by atoms with E-state index in [1.54, 1.807) is 18.3 Å². The molecule has 0 amide bonds. The van der Waals surface area contributed by atoms with E-state index in [2.05, 4.69) is 4.98 Å². The minimum Gasteiger partial charge on any atom is -0.481 e. The zero-order valence-corrected chi connectivity index (χ0v) is 10.4. The second-order valence-corrected chi connectivity index (χ2v) is 4.29. The van der Waals surface area contributed by atoms with E-state index < -0.39 is 5.97 Å². The van der Waals surface area contributed by atoms with Gasteiger partial charge in [-0.05, 0) is 24.1 Å². The van der Waals surface area contributed by atoms with Crippen molar-refractivity contribution in [3.8, 4) is 11.3 Å². The van der Waals surface area contributed by atoms with Crippen LogP contribution in [0.5, 0.6) is 0 Å². The number of rotatable bonds is 4. The third-order valence-corrected chi connectivity index (χ3v) is 2.96. The van der Waals surface area contributed by atoms with Crippen molar-refractivity contribution in [3.05, 3.63) is 53.2 Å². The molecule has 18 heavy (non-hydrogen) atoms. The Morgan fingerprint density at radius 1 is 1.22 bits per heavy atom. The van der Waals surface area contributed by atoms with Gasteiger partial charge in [-0.15, -0.1) is 0 Å². The van der Waals surface area contributed by atoms with Gasteiger partial charge < -0.3 is 5.11 Å². The summed E-state index contributed by atoms with van der Waals surface area (Å²) in [6.45, 7) is 0. The van der Waals surface area contributed by atoms with Crippen LogP contribution in [0.15, 0.2) is 42.6 Å². The Balaban J connectivity index is 2.39. The zero-order chi connectivity index (χ0) is 13.0. The van der Waals surface area contributed by atoms with Crippen LogP contribution in [0.25, 0.3) is 11.3 Å². The summed E-state index contributed by atoms with van der Waals surface area (Å²) in [5, 5.41) is 9.36. The van der Waals surface area contributed by atoms with E-state index in [0.717, 1.165) is 16.8 Å². The fraction of sp³-hybridized carbons (Fsp3) is 0.143. The lowest BCUT2D eigenvalue weighted by atomic mass is 10.0. The number of benzene rings is 1. The Morgan fingerprint density at radius 3 is 2.72 bits per heavy atom. The first kappa shape index (κ1) is 12.6. The predicted molar refractivity (Wildman–Crippen MR) is 70.6 cm³/mol. The lowest BCUT2D eigenvalue weighted by molar-refractivity contribution is -0.136. The molecular formula is C14H12ClNO2. The highest BCUT2D eigenvalue weighted by Crippen LogP contribution is 2.28. The first-order chi connectivity index (χ1) is 8.68. The van der Waals surface area contributed by atoms with Gasteiger partial charge in [-0.1, -0.05) is 35.9 Å². The van der Waals surface area contributed by atoms with Crippen LogP contribution in [0, 0.1) is 0 Å². The first-order valence-electron chi connectivity index (χ1n) is 5.59. The standard InChI is InChI=1S/C14H12ClNO2/c15-12-6-2-1-5-11(12)14-10(4-3-9-16-14)7-8-13(17)18/h1-6,9H,7-8H2,(H,17,18). The third-order valence-electron chi connectivity index (χ3n) is 2.63. The van der Waals surface area contributed by atoms with E-state index in [-0.39, 0.29) is 6.42 Å². The summed E-state index contributed by atoms with van der Waals surface area (Å²) >= 11 is 6.14. The summed E-state index contributed by atoms with van der Waals surface area (Å²) in [4.78, 5) is 15.0. The summed E-state index contributed by atoms with van der Waals surface area (Å²) in [5.41, 5.74) is 2.48. The van der Waals surface area contributed by atoms with Crippen molar-refractivity contribution in [2.45, 2.75) is 12.8 Å². The molecule has 92 valence electrons. The fourth-order valence-electron chi connectivity index (χ4n) is 1.78. The number of carbonyl (C=O) groups is 1. The summed E-state index contributed by atoms with van der Waals surface area (Å²) < 4.78 is 0. The summed E-state index contributed by atoms with van der Waals surface area (Å²) in [6, 6.07) is 11.1. The van der Waals surface area contributed by atoms with Crippen molar-refractivity contribution in [2.24, 2.45) is 0 Å². The molecule has 3 nitrogen and oxygen atoms in total. The lowest BCUT2D eigenvalue weighted by Crippen LogP contribution is -2.00. The molecule has 0 unspecified atom stereocenters. The topological polar surface area (TPSA) is 50.2 Å². The molecule has 0 saturated heterocycles. The van der Waals surface area contributed by atoms with Crippen molar-refractivity contribution in [3.63, 3.8) is 0 Å². The van der Waals surface area contributed by atoms with Gasteiger partial charge in [-0.2, -0.15) is 0 Å². The second-order valence-electron chi connectivity index (χ2n) is 3.88. The second kappa shape index (κ2) is 5.65. The molecule has 1 aromatic heterocycles. The van der Waals surface area contributed by atoms with Crippen molar-refractivity contribution in [1.82, 2.24) is 4.98 Å². The first-order valence-corrected chi connectivity index (χ1v) is 5.97. The molecule has 4 heteroatoms. The molecule has 0 bridgehead atoms. The molecule has 0 aliphatic rings. The third kappa shape index (κ3) is 2.87. The highest BCUT2D eigenvalue weighted by atomic mass is 35.5. The number of aromatic nitrogens is 1. The Labute approximate surface area is 110 Å². The highest BCUT2D eigenvalue weighted by molar-refractivity contribution is 6.33. The molecule has 0 atom stereocenters. The van der Waals surface area contributed by atoms with Gasteiger partial charge in [0, 0.05) is 23.2 Å². The van der Waals surface area contributed by atoms with E-state index in [9.17, 15) is 4.79 Å². The molecule has 0 aliphatic heterocycles. The monoisotopic (exact) mass is 261 g/mol. The van der Waals surface area contributed by atoms with Crippen molar-refractivity contribution >= 4 is 17.6 Å². The highest BCUT2D eigenvalue weighted by Gasteiger charge is 2.10. The van der Waals surface area contributed by atoms with Gasteiger partial charge in [-0.25, -0.2) is 0 Å². The maximum absolute atomic E-state index is 10.6. The van der Waals surface area contributed by atoms with Crippen LogP contribution >= 0.6 is 11.6 Å². The van der Waals surface area contributed by atoms with Crippen LogP contribution in [-0.4, -0.2) is 16.1 Å². The molecule has 0 aliphatic carbocycles. The van der Waals surface area contributed by atoms with E-state index in [1.807, 2.05) is 24.3 Å². The van der Waals surface area contributed by atoms with E-state index in [1.165, 1.54) is 0 Å². The molecular weight excluding hydrogens is 250 g/mol. The Hall–Kier alpha value is -1.87. The number of aliphatic carboxylic acids is 1. The number of hydrogen-bond donors (Lipinski definition) is 1. The number of hydrogen-bond acceptors (Lipinski definition) is 2. The normalized spacial score (nSPS) is 10.3. The number of pyridine rings is 1. The van der Waals surface area contributed by atoms with Crippen LogP contribution in [0.2, 0.25) is 5.02 Å². The molecule has 0 radical (unpaired) electrons.